The Labute approximate surface area is 326 Å². The fourth-order valence-corrected chi connectivity index (χ4v) is 8.70. The number of sulfonamides is 1. The average molecular weight is 804 g/mol. The van der Waals surface area contributed by atoms with Crippen LogP contribution in [0.15, 0.2) is 35.2 Å². The number of nitrogens with zero attached hydrogens (tertiary/aromatic N) is 1. The number of carbonyl (C=O) groups is 4. The van der Waals surface area contributed by atoms with E-state index in [9.17, 15) is 42.9 Å². The maximum atomic E-state index is 14.3. The fraction of sp³-hybridized carbons (Fsp3) is 0.541. The van der Waals surface area contributed by atoms with Crippen LogP contribution in [0.25, 0.3) is 0 Å². The molecule has 4 rings (SSSR count). The van der Waals surface area contributed by atoms with Crippen LogP contribution in [0.2, 0.25) is 0 Å². The van der Waals surface area contributed by atoms with Crippen molar-refractivity contribution in [3.63, 3.8) is 0 Å². The lowest BCUT2D eigenvalue weighted by molar-refractivity contribution is -0.203. The standard InChI is InChI=1S/C37H53N7O11S/c1-19-15-27(54-5)20(2)21(3)33(19)56(52,53)43-25(17-29(47)42-36-30(40-22(4)46)32(49)31(48)28(18-45)55-36)35(50)41-26(37(51)44-13-7-6-8-14-44)16-23-9-11-24(12-10-23)34(38)39/h9-12,15,25-26,28,30-32,36,43,45,48-49H,6-8,13-14,16-18H2,1-5H3,(H3,38,39)(H,40,46)(H,41,50)(H,42,47)/t25-,26+,28+,30+,31+,32+,36+/m0/s1. The molecule has 308 valence electrons. The normalized spacial score (nSPS) is 22.4. The largest absolute Gasteiger partial charge is 0.496 e. The first-order valence-corrected chi connectivity index (χ1v) is 19.7. The van der Waals surface area contributed by atoms with E-state index in [1.807, 2.05) is 0 Å². The smallest absolute Gasteiger partial charge is 0.245 e. The van der Waals surface area contributed by atoms with Crippen molar-refractivity contribution in [2.24, 2.45) is 5.73 Å². The molecule has 0 bridgehead atoms. The Morgan fingerprint density at radius 3 is 2.21 bits per heavy atom. The number of hydrogen-bond donors (Lipinski definition) is 9. The molecule has 19 heteroatoms. The molecule has 7 atom stereocenters. The number of rotatable bonds is 15. The molecule has 2 aromatic carbocycles. The van der Waals surface area contributed by atoms with Gasteiger partial charge in [-0.2, -0.15) is 4.72 Å². The third kappa shape index (κ3) is 10.6. The molecule has 10 N–H and O–H groups in total. The van der Waals surface area contributed by atoms with Crippen LogP contribution in [0, 0.1) is 26.2 Å². The predicted octanol–water partition coefficient (Wildman–Crippen LogP) is -1.26. The zero-order valence-corrected chi connectivity index (χ0v) is 32.9. The van der Waals surface area contributed by atoms with Crippen LogP contribution in [-0.4, -0.2) is 128 Å². The Hall–Kier alpha value is -4.66. The van der Waals surface area contributed by atoms with Crippen molar-refractivity contribution in [3.05, 3.63) is 58.1 Å². The van der Waals surface area contributed by atoms with E-state index >= 15 is 0 Å². The first-order valence-electron chi connectivity index (χ1n) is 18.3. The van der Waals surface area contributed by atoms with Crippen molar-refractivity contribution in [1.29, 1.82) is 5.41 Å². The lowest BCUT2D eigenvalue weighted by Gasteiger charge is -2.42. The van der Waals surface area contributed by atoms with E-state index < -0.39 is 89.3 Å². The molecule has 56 heavy (non-hydrogen) atoms. The van der Waals surface area contributed by atoms with Crippen LogP contribution < -0.4 is 31.1 Å². The number of aliphatic hydroxyl groups is 3. The van der Waals surface area contributed by atoms with E-state index in [4.69, 9.17) is 20.6 Å². The van der Waals surface area contributed by atoms with Crippen LogP contribution in [-0.2, 0) is 40.4 Å². The maximum absolute atomic E-state index is 14.3. The number of amides is 4. The van der Waals surface area contributed by atoms with E-state index in [2.05, 4.69) is 20.7 Å². The van der Waals surface area contributed by atoms with Gasteiger partial charge in [0, 0.05) is 32.0 Å². The van der Waals surface area contributed by atoms with Crippen LogP contribution in [0.4, 0.5) is 0 Å². The highest BCUT2D eigenvalue weighted by atomic mass is 32.2. The molecule has 2 aromatic rings. The molecular weight excluding hydrogens is 751 g/mol. The molecule has 4 amide bonds. The van der Waals surface area contributed by atoms with E-state index in [0.717, 1.165) is 26.2 Å². The molecule has 2 fully saturated rings. The van der Waals surface area contributed by atoms with Gasteiger partial charge in [-0.05, 0) is 68.4 Å². The molecule has 0 spiro atoms. The average Bonchev–Trinajstić information content (AvgIpc) is 3.15. The summed E-state index contributed by atoms with van der Waals surface area (Å²) in [5.74, 6) is -2.75. The number of likely N-dealkylation sites (tertiary alicyclic amines) is 1. The van der Waals surface area contributed by atoms with Crippen molar-refractivity contribution in [1.82, 2.24) is 25.6 Å². The SMILES string of the molecule is COc1cc(C)c(S(=O)(=O)N[C@@H](CC(=O)N[C@@H]2O[C@H](CO)[C@@H](O)[C@H](O)[C@H]2NC(C)=O)C(=O)N[C@H](Cc2ccc(C(=N)N)cc2)C(=O)N2CCCCC2)c(C)c1C. The van der Waals surface area contributed by atoms with Crippen molar-refractivity contribution < 1.29 is 52.4 Å². The zero-order chi connectivity index (χ0) is 41.5. The molecule has 0 saturated carbocycles. The number of aryl methyl sites for hydroxylation is 1. The lowest BCUT2D eigenvalue weighted by atomic mass is 9.95. The van der Waals surface area contributed by atoms with E-state index in [-0.39, 0.29) is 17.2 Å². The molecule has 0 unspecified atom stereocenters. The number of methoxy groups -OCH3 is 1. The highest BCUT2D eigenvalue weighted by molar-refractivity contribution is 7.89. The fourth-order valence-electron chi connectivity index (χ4n) is 6.98. The quantitative estimate of drug-likeness (QED) is 0.0754. The second-order valence-electron chi connectivity index (χ2n) is 14.2. The van der Waals surface area contributed by atoms with Gasteiger partial charge in [-0.25, -0.2) is 8.42 Å². The van der Waals surface area contributed by atoms with E-state index in [0.29, 0.717) is 46.7 Å². The Kier molecular flexibility index (Phi) is 14.9. The minimum Gasteiger partial charge on any atom is -0.496 e. The Morgan fingerprint density at radius 1 is 1.00 bits per heavy atom. The number of amidine groups is 1. The van der Waals surface area contributed by atoms with Gasteiger partial charge < -0.3 is 51.4 Å². The van der Waals surface area contributed by atoms with Gasteiger partial charge in [0.1, 0.15) is 48.0 Å². The van der Waals surface area contributed by atoms with Gasteiger partial charge in [0.05, 0.1) is 25.0 Å². The third-order valence-corrected chi connectivity index (χ3v) is 11.8. The molecule has 2 aliphatic heterocycles. The van der Waals surface area contributed by atoms with Crippen LogP contribution >= 0.6 is 0 Å². The molecule has 0 radical (unpaired) electrons. The van der Waals surface area contributed by atoms with Gasteiger partial charge in [0.2, 0.25) is 33.7 Å². The predicted molar refractivity (Wildman–Crippen MR) is 203 cm³/mol. The van der Waals surface area contributed by atoms with Crippen molar-refractivity contribution in [2.75, 3.05) is 26.8 Å². The van der Waals surface area contributed by atoms with Gasteiger partial charge in [0.25, 0.3) is 0 Å². The maximum Gasteiger partial charge on any atom is 0.245 e. The first-order chi connectivity index (χ1) is 26.4. The van der Waals surface area contributed by atoms with Crippen LogP contribution in [0.3, 0.4) is 0 Å². The Balaban J connectivity index is 1.70. The molecule has 2 aliphatic rings. The second kappa shape index (κ2) is 19.0. The van der Waals surface area contributed by atoms with E-state index in [1.54, 1.807) is 49.9 Å². The summed E-state index contributed by atoms with van der Waals surface area (Å²) in [7, 11) is -3.12. The lowest BCUT2D eigenvalue weighted by Crippen LogP contribution is -2.68. The first kappa shape index (κ1) is 44.1. The summed E-state index contributed by atoms with van der Waals surface area (Å²) in [6, 6.07) is 3.63. The number of aliphatic hydroxyl groups excluding tert-OH is 3. The third-order valence-electron chi connectivity index (χ3n) is 10.1. The summed E-state index contributed by atoms with van der Waals surface area (Å²) in [6.45, 7) is 6.08. The Bertz CT molecular complexity index is 1890. The van der Waals surface area contributed by atoms with Crippen molar-refractivity contribution >= 4 is 39.5 Å². The number of ether oxygens (including phenoxy) is 2. The number of nitrogens with one attached hydrogen (secondary N) is 5. The summed E-state index contributed by atoms with van der Waals surface area (Å²) < 4.78 is 41.7. The monoisotopic (exact) mass is 803 g/mol. The second-order valence-corrected chi connectivity index (χ2v) is 15.8. The highest BCUT2D eigenvalue weighted by Gasteiger charge is 2.46. The minimum atomic E-state index is -4.56. The van der Waals surface area contributed by atoms with Crippen molar-refractivity contribution in [3.8, 4) is 5.75 Å². The minimum absolute atomic E-state index is 0.0160. The molecule has 18 nitrogen and oxygen atoms in total. The zero-order valence-electron chi connectivity index (χ0n) is 32.1. The van der Waals surface area contributed by atoms with Crippen LogP contribution in [0.5, 0.6) is 5.75 Å². The molecule has 0 aliphatic carbocycles. The number of nitrogen functional groups attached to an aromatic ring is 1. The number of benzene rings is 2. The summed E-state index contributed by atoms with van der Waals surface area (Å²) in [4.78, 5) is 55.4. The topological polar surface area (TPSA) is 283 Å². The summed E-state index contributed by atoms with van der Waals surface area (Å²) in [5, 5.41) is 46.1. The summed E-state index contributed by atoms with van der Waals surface area (Å²) in [6.07, 6.45) is -4.65. The van der Waals surface area contributed by atoms with Gasteiger partial charge in [-0.1, -0.05) is 24.3 Å². The van der Waals surface area contributed by atoms with Gasteiger partial charge in [-0.3, -0.25) is 24.6 Å². The Morgan fingerprint density at radius 2 is 1.64 bits per heavy atom. The summed E-state index contributed by atoms with van der Waals surface area (Å²) >= 11 is 0. The van der Waals surface area contributed by atoms with Gasteiger partial charge in [0.15, 0.2) is 6.23 Å². The van der Waals surface area contributed by atoms with E-state index in [1.165, 1.54) is 13.2 Å². The number of nitrogens with two attached hydrogens (primary N) is 1. The highest BCUT2D eigenvalue weighted by Crippen LogP contribution is 2.31. The van der Waals surface area contributed by atoms with Crippen LogP contribution in [0.1, 0.15) is 60.4 Å². The molecule has 2 saturated heterocycles. The van der Waals surface area contributed by atoms with Crippen molar-refractivity contribution in [2.45, 2.75) is 107 Å². The van der Waals surface area contributed by atoms with Gasteiger partial charge >= 0.3 is 0 Å². The number of carbonyl (C=O) groups excluding carboxylic acids is 4. The number of piperidine rings is 1. The van der Waals surface area contributed by atoms with Gasteiger partial charge in [-0.15, -0.1) is 0 Å². The molecular formula is C37H53N7O11S. The number of hydrogen-bond acceptors (Lipinski definition) is 12. The molecule has 2 heterocycles. The molecule has 0 aromatic heterocycles. The summed E-state index contributed by atoms with van der Waals surface area (Å²) in [5.41, 5.74) is 7.82.